The summed E-state index contributed by atoms with van der Waals surface area (Å²) in [4.78, 5) is 52.3. The minimum atomic E-state index is -4.55. The van der Waals surface area contributed by atoms with Crippen LogP contribution in [0, 0.1) is 6.92 Å². The van der Waals surface area contributed by atoms with Crippen LogP contribution in [0.15, 0.2) is 15.8 Å². The van der Waals surface area contributed by atoms with Gasteiger partial charge in [-0.3, -0.25) is 33.0 Å². The first kappa shape index (κ1) is 24.7. The molecule has 0 aliphatic carbocycles. The van der Waals surface area contributed by atoms with Gasteiger partial charge in [0.15, 0.2) is 0 Å². The second-order valence-corrected chi connectivity index (χ2v) is 9.12. The van der Waals surface area contributed by atoms with Gasteiger partial charge in [-0.2, -0.15) is 8.42 Å². The summed E-state index contributed by atoms with van der Waals surface area (Å²) in [7, 11) is -2.59. The summed E-state index contributed by atoms with van der Waals surface area (Å²) in [6, 6.07) is -1.28. The predicted molar refractivity (Wildman–Crippen MR) is 110 cm³/mol. The number of nitrogens with one attached hydrogen (secondary N) is 1. The molecule has 13 nitrogen and oxygen atoms in total. The van der Waals surface area contributed by atoms with E-state index in [1.807, 2.05) is 11.9 Å². The number of carbonyl (C=O) groups excluding carboxylic acids is 1. The van der Waals surface area contributed by atoms with E-state index >= 15 is 0 Å². The third-order valence-corrected chi connectivity index (χ3v) is 5.68. The van der Waals surface area contributed by atoms with Crippen molar-refractivity contribution in [2.24, 2.45) is 0 Å². The van der Waals surface area contributed by atoms with E-state index in [1.165, 1.54) is 6.92 Å². The van der Waals surface area contributed by atoms with Crippen LogP contribution in [0.25, 0.3) is 0 Å². The van der Waals surface area contributed by atoms with Gasteiger partial charge in [0, 0.05) is 37.9 Å². The first-order valence-electron chi connectivity index (χ1n) is 9.54. The fourth-order valence-electron chi connectivity index (χ4n) is 3.32. The summed E-state index contributed by atoms with van der Waals surface area (Å²) in [6.45, 7) is 2.94. The molecule has 1 atom stereocenters. The summed E-state index contributed by atoms with van der Waals surface area (Å²) >= 11 is 0. The molecule has 1 unspecified atom stereocenters. The van der Waals surface area contributed by atoms with Crippen LogP contribution < -0.4 is 16.6 Å². The standard InChI is InChI=1S/C17H27N5O8S/c1-12-7-21(10-15(24)25)17(27)22(16(12)26)8-13(11-31(28,29)30)18-14(23)9-20-5-3-19(2)4-6-20/h7,13H,3-6,8-11H2,1-2H3,(H,18,23)(H,24,25)(H,28,29,30). The Kier molecular flexibility index (Phi) is 8.11. The number of piperazine rings is 1. The van der Waals surface area contributed by atoms with Crippen molar-refractivity contribution in [1.82, 2.24) is 24.3 Å². The van der Waals surface area contributed by atoms with Crippen molar-refractivity contribution in [3.05, 3.63) is 32.6 Å². The number of hydrogen-bond acceptors (Lipinski definition) is 8. The van der Waals surface area contributed by atoms with Crippen molar-refractivity contribution in [2.75, 3.05) is 45.5 Å². The van der Waals surface area contributed by atoms with E-state index < -0.39 is 58.1 Å². The molecule has 1 aliphatic rings. The molecule has 1 amide bonds. The minimum absolute atomic E-state index is 0.0121. The maximum atomic E-state index is 12.5. The molecule has 0 saturated carbocycles. The van der Waals surface area contributed by atoms with Crippen LogP contribution in [0.1, 0.15) is 5.56 Å². The molecule has 0 bridgehead atoms. The van der Waals surface area contributed by atoms with Gasteiger partial charge in [0.25, 0.3) is 15.7 Å². The summed E-state index contributed by atoms with van der Waals surface area (Å²) in [5, 5.41) is 11.4. The normalized spacial score (nSPS) is 16.7. The molecule has 1 aromatic heterocycles. The number of carbonyl (C=O) groups is 2. The highest BCUT2D eigenvalue weighted by Crippen LogP contribution is 2.00. The Bertz CT molecular complexity index is 1040. The second-order valence-electron chi connectivity index (χ2n) is 7.62. The molecule has 1 fully saturated rings. The SMILES string of the molecule is Cc1cn(CC(=O)O)c(=O)n(CC(CS(=O)(=O)O)NC(=O)CN2CCN(C)CC2)c1=O. The third-order valence-electron chi connectivity index (χ3n) is 4.86. The molecule has 1 saturated heterocycles. The van der Waals surface area contributed by atoms with Crippen LogP contribution in [-0.4, -0.2) is 100 Å². The molecule has 2 heterocycles. The molecule has 31 heavy (non-hydrogen) atoms. The molecule has 0 aromatic carbocycles. The lowest BCUT2D eigenvalue weighted by Crippen LogP contribution is -2.53. The van der Waals surface area contributed by atoms with Gasteiger partial charge in [0.2, 0.25) is 5.91 Å². The van der Waals surface area contributed by atoms with Crippen molar-refractivity contribution in [2.45, 2.75) is 26.1 Å². The van der Waals surface area contributed by atoms with Crippen LogP contribution in [-0.2, 0) is 32.8 Å². The number of aryl methyl sites for hydroxylation is 1. The minimum Gasteiger partial charge on any atom is -0.480 e. The van der Waals surface area contributed by atoms with E-state index in [9.17, 15) is 32.1 Å². The van der Waals surface area contributed by atoms with Gasteiger partial charge in [-0.05, 0) is 14.0 Å². The maximum Gasteiger partial charge on any atom is 0.331 e. The number of likely N-dealkylation sites (N-methyl/N-ethyl adjacent to an activating group) is 1. The van der Waals surface area contributed by atoms with E-state index in [0.717, 1.165) is 23.9 Å². The van der Waals surface area contributed by atoms with Crippen molar-refractivity contribution in [1.29, 1.82) is 0 Å². The largest absolute Gasteiger partial charge is 0.480 e. The van der Waals surface area contributed by atoms with Crippen LogP contribution in [0.5, 0.6) is 0 Å². The van der Waals surface area contributed by atoms with Crippen molar-refractivity contribution in [3.8, 4) is 0 Å². The first-order chi connectivity index (χ1) is 14.4. The van der Waals surface area contributed by atoms with Crippen LogP contribution in [0.4, 0.5) is 0 Å². The Balaban J connectivity index is 2.24. The molecule has 0 radical (unpaired) electrons. The maximum absolute atomic E-state index is 12.5. The molecule has 174 valence electrons. The van der Waals surface area contributed by atoms with Crippen LogP contribution >= 0.6 is 0 Å². The predicted octanol–water partition coefficient (Wildman–Crippen LogP) is -2.98. The summed E-state index contributed by atoms with van der Waals surface area (Å²) in [6.07, 6.45) is 1.10. The van der Waals surface area contributed by atoms with Crippen molar-refractivity contribution < 1.29 is 27.7 Å². The van der Waals surface area contributed by atoms with E-state index in [2.05, 4.69) is 10.2 Å². The highest BCUT2D eigenvalue weighted by Gasteiger charge is 2.24. The lowest BCUT2D eigenvalue weighted by atomic mass is 10.3. The summed E-state index contributed by atoms with van der Waals surface area (Å²) < 4.78 is 33.6. The zero-order valence-electron chi connectivity index (χ0n) is 17.4. The Hall–Kier alpha value is -2.55. The number of carboxylic acid groups (broad SMARTS) is 1. The van der Waals surface area contributed by atoms with Gasteiger partial charge < -0.3 is 15.3 Å². The Labute approximate surface area is 178 Å². The highest BCUT2D eigenvalue weighted by atomic mass is 32.2. The first-order valence-corrected chi connectivity index (χ1v) is 11.1. The van der Waals surface area contributed by atoms with Crippen molar-refractivity contribution in [3.63, 3.8) is 0 Å². The topological polar surface area (TPSA) is 171 Å². The molecule has 1 aromatic rings. The van der Waals surface area contributed by atoms with Crippen LogP contribution in [0.2, 0.25) is 0 Å². The van der Waals surface area contributed by atoms with Gasteiger partial charge in [-0.25, -0.2) is 4.79 Å². The molecule has 14 heteroatoms. The lowest BCUT2D eigenvalue weighted by molar-refractivity contribution is -0.137. The van der Waals surface area contributed by atoms with E-state index in [1.54, 1.807) is 0 Å². The molecular weight excluding hydrogens is 434 g/mol. The smallest absolute Gasteiger partial charge is 0.331 e. The Morgan fingerprint density at radius 1 is 1.16 bits per heavy atom. The molecule has 1 aliphatic heterocycles. The Morgan fingerprint density at radius 3 is 2.32 bits per heavy atom. The average molecular weight is 461 g/mol. The van der Waals surface area contributed by atoms with E-state index in [4.69, 9.17) is 5.11 Å². The summed E-state index contributed by atoms with van der Waals surface area (Å²) in [5.74, 6) is -2.74. The van der Waals surface area contributed by atoms with Gasteiger partial charge in [-0.1, -0.05) is 0 Å². The van der Waals surface area contributed by atoms with Crippen LogP contribution in [0.3, 0.4) is 0 Å². The monoisotopic (exact) mass is 461 g/mol. The number of hydrogen-bond donors (Lipinski definition) is 3. The fraction of sp³-hybridized carbons (Fsp3) is 0.647. The third kappa shape index (κ3) is 7.57. The average Bonchev–Trinajstić information content (AvgIpc) is 2.63. The van der Waals surface area contributed by atoms with Gasteiger partial charge >= 0.3 is 11.7 Å². The van der Waals surface area contributed by atoms with E-state index in [0.29, 0.717) is 17.7 Å². The molecule has 0 spiro atoms. The number of rotatable bonds is 9. The molecule has 2 rings (SSSR count). The van der Waals surface area contributed by atoms with Gasteiger partial charge in [0.1, 0.15) is 6.54 Å². The number of aliphatic carboxylic acids is 1. The number of amides is 1. The number of aromatic nitrogens is 2. The number of carboxylic acids is 1. The zero-order valence-corrected chi connectivity index (χ0v) is 18.2. The quantitative estimate of drug-likeness (QED) is 0.322. The molecule has 3 N–H and O–H groups in total. The van der Waals surface area contributed by atoms with Crippen molar-refractivity contribution >= 4 is 22.0 Å². The fourth-order valence-corrected chi connectivity index (χ4v) is 4.01. The highest BCUT2D eigenvalue weighted by molar-refractivity contribution is 7.85. The van der Waals surface area contributed by atoms with E-state index in [-0.39, 0.29) is 12.1 Å². The lowest BCUT2D eigenvalue weighted by Gasteiger charge is -2.32. The second kappa shape index (κ2) is 10.2. The van der Waals surface area contributed by atoms with Gasteiger partial charge in [0.05, 0.1) is 24.9 Å². The zero-order chi connectivity index (χ0) is 23.3. The molecular formula is C17H27N5O8S. The van der Waals surface area contributed by atoms with Gasteiger partial charge in [-0.15, -0.1) is 0 Å². The number of nitrogens with zero attached hydrogens (tertiary/aromatic N) is 4. The Morgan fingerprint density at radius 2 is 1.77 bits per heavy atom. The summed E-state index contributed by atoms with van der Waals surface area (Å²) in [5.41, 5.74) is -1.65.